The van der Waals surface area contributed by atoms with Crippen LogP contribution >= 0.6 is 24.8 Å². The molecule has 0 bridgehead atoms. The Kier molecular flexibility index (Phi) is 8.46. The van der Waals surface area contributed by atoms with E-state index in [0.717, 1.165) is 6.42 Å². The van der Waals surface area contributed by atoms with E-state index in [1.165, 1.54) is 36.8 Å². The smallest absolute Gasteiger partial charge is 0.147 e. The Morgan fingerprint density at radius 2 is 1.43 bits per heavy atom. The maximum absolute atomic E-state index is 2.59. The van der Waals surface area contributed by atoms with Crippen molar-refractivity contribution in [2.24, 2.45) is 0 Å². The van der Waals surface area contributed by atoms with Gasteiger partial charge < -0.3 is 0 Å². The average Bonchev–Trinajstić information content (AvgIpc) is 3.44. The van der Waals surface area contributed by atoms with E-state index in [2.05, 4.69) is 91.0 Å². The number of rotatable bonds is 4. The first kappa shape index (κ1) is 23.4. The van der Waals surface area contributed by atoms with E-state index in [1.54, 1.807) is 17.6 Å². The van der Waals surface area contributed by atoms with Gasteiger partial charge in [-0.2, -0.15) is 0 Å². The Bertz CT molecular complexity index is 986. The van der Waals surface area contributed by atoms with Crippen LogP contribution in [0.5, 0.6) is 0 Å². The minimum atomic E-state index is -2.19. The van der Waals surface area contributed by atoms with Crippen LogP contribution in [-0.4, -0.2) is 3.21 Å². The molecule has 2 aromatic carbocycles. The Hall–Kier alpha value is -1.27. The zero-order chi connectivity index (χ0) is 18.8. The van der Waals surface area contributed by atoms with Gasteiger partial charge in [-0.25, -0.2) is 0 Å². The molecule has 0 fully saturated rings. The fourth-order valence-electron chi connectivity index (χ4n) is 4.95. The second-order valence-corrected chi connectivity index (χ2v) is 14.3. The third-order valence-corrected chi connectivity index (χ3v) is 14.5. The van der Waals surface area contributed by atoms with Gasteiger partial charge in [-0.3, -0.25) is 0 Å². The van der Waals surface area contributed by atoms with Crippen molar-refractivity contribution in [2.45, 2.75) is 35.7 Å². The van der Waals surface area contributed by atoms with Crippen molar-refractivity contribution >= 4 is 28.0 Å². The molecule has 3 aliphatic carbocycles. The second-order valence-electron chi connectivity index (χ2n) is 7.94. The molecule has 0 nitrogen and oxygen atoms in total. The Morgan fingerprint density at radius 1 is 0.800 bits per heavy atom. The SMILES string of the molecule is C1=CC[C]([Zr](=[C](c2ccccc2)c2ccccc2)[CH]2C=CC3=C2CCCC3)=C1.Cl.Cl. The summed E-state index contributed by atoms with van der Waals surface area (Å²) in [6, 6.07) is 22.4. The summed E-state index contributed by atoms with van der Waals surface area (Å²) in [7, 11) is 0. The molecule has 0 saturated carbocycles. The number of allylic oxidation sites excluding steroid dienone is 8. The van der Waals surface area contributed by atoms with E-state index in [9.17, 15) is 0 Å². The van der Waals surface area contributed by atoms with Gasteiger partial charge in [0.15, 0.2) is 0 Å². The van der Waals surface area contributed by atoms with Gasteiger partial charge in [0, 0.05) is 0 Å². The van der Waals surface area contributed by atoms with Crippen LogP contribution in [0.15, 0.2) is 105 Å². The molecule has 1 unspecified atom stereocenters. The van der Waals surface area contributed by atoms with Gasteiger partial charge >= 0.3 is 177 Å². The summed E-state index contributed by atoms with van der Waals surface area (Å²) >= 11 is -2.19. The van der Waals surface area contributed by atoms with E-state index in [-0.39, 0.29) is 24.8 Å². The first-order chi connectivity index (χ1) is 13.9. The Labute approximate surface area is 200 Å². The maximum atomic E-state index is 2.59. The van der Waals surface area contributed by atoms with Gasteiger partial charge in [-0.05, 0) is 0 Å². The van der Waals surface area contributed by atoms with Gasteiger partial charge in [0.25, 0.3) is 0 Å². The zero-order valence-electron chi connectivity index (χ0n) is 17.1. The predicted octanol–water partition coefficient (Wildman–Crippen LogP) is 7.79. The second kappa shape index (κ2) is 10.9. The van der Waals surface area contributed by atoms with Crippen LogP contribution < -0.4 is 0 Å². The molecule has 0 saturated heterocycles. The Balaban J connectivity index is 0.00000128. The number of hydrogen-bond donors (Lipinski definition) is 0. The number of benzene rings is 2. The maximum Gasteiger partial charge on any atom is -0.147 e. The normalized spacial score (nSPS) is 18.9. The van der Waals surface area contributed by atoms with Crippen molar-refractivity contribution in [3.63, 3.8) is 0 Å². The fraction of sp³-hybridized carbons (Fsp3) is 0.222. The zero-order valence-corrected chi connectivity index (χ0v) is 21.2. The largest absolute Gasteiger partial charge is 0.147 e. The Morgan fingerprint density at radius 3 is 2.03 bits per heavy atom. The minimum Gasteiger partial charge on any atom is -0.147 e. The molecule has 2 aromatic rings. The summed E-state index contributed by atoms with van der Waals surface area (Å²) in [5.74, 6) is 0. The molecule has 5 rings (SSSR count). The van der Waals surface area contributed by atoms with Gasteiger partial charge in [0.05, 0.1) is 0 Å². The molecule has 0 aromatic heterocycles. The van der Waals surface area contributed by atoms with E-state index >= 15 is 0 Å². The standard InChI is InChI=1S/C13H10.C9H11.C5H5.2ClH.Zr/c1-3-7-12(8-4-1)11-13-9-5-2-6-10-13;1-2-5-9-7-3-6-8(9)4-1;1-2-4-5-3-1;;;/h1-10H;3,6-7H,1-2,4-5H2;1-3H,4H2;2*1H;. The van der Waals surface area contributed by atoms with Crippen molar-refractivity contribution in [3.05, 3.63) is 117 Å². The first-order valence-electron chi connectivity index (χ1n) is 10.5. The summed E-state index contributed by atoms with van der Waals surface area (Å²) in [5.41, 5.74) is 6.34. The van der Waals surface area contributed by atoms with Gasteiger partial charge in [0.2, 0.25) is 0 Å². The topological polar surface area (TPSA) is 0 Å². The van der Waals surface area contributed by atoms with Crippen LogP contribution in [0, 0.1) is 0 Å². The van der Waals surface area contributed by atoms with Gasteiger partial charge in [-0.1, -0.05) is 0 Å². The van der Waals surface area contributed by atoms with Crippen molar-refractivity contribution in [1.29, 1.82) is 0 Å². The van der Waals surface area contributed by atoms with Gasteiger partial charge in [0.1, 0.15) is 0 Å². The van der Waals surface area contributed by atoms with Crippen LogP contribution in [0.3, 0.4) is 0 Å². The fourth-order valence-corrected chi connectivity index (χ4v) is 13.7. The molecule has 3 aliphatic rings. The molecule has 0 radical (unpaired) electrons. The summed E-state index contributed by atoms with van der Waals surface area (Å²) in [5, 5.41) is 0. The number of halogens is 2. The molecule has 1 atom stereocenters. The quantitative estimate of drug-likeness (QED) is 0.391. The monoisotopic (exact) mass is 512 g/mol. The molecule has 0 spiro atoms. The molecule has 0 aliphatic heterocycles. The van der Waals surface area contributed by atoms with Crippen molar-refractivity contribution in [1.82, 2.24) is 0 Å². The summed E-state index contributed by atoms with van der Waals surface area (Å²) < 4.78 is 4.12. The first-order valence-corrected chi connectivity index (χ1v) is 14.4. The van der Waals surface area contributed by atoms with Gasteiger partial charge in [-0.15, -0.1) is 24.8 Å². The van der Waals surface area contributed by atoms with Crippen LogP contribution in [0.2, 0.25) is 3.63 Å². The van der Waals surface area contributed by atoms with Crippen LogP contribution in [0.1, 0.15) is 43.2 Å². The van der Waals surface area contributed by atoms with E-state index in [4.69, 9.17) is 0 Å². The van der Waals surface area contributed by atoms with Crippen molar-refractivity contribution < 1.29 is 21.3 Å². The predicted molar refractivity (Wildman–Crippen MR) is 131 cm³/mol. The van der Waals surface area contributed by atoms with Crippen LogP contribution in [-0.2, 0) is 21.3 Å². The summed E-state index contributed by atoms with van der Waals surface area (Å²) in [6.07, 6.45) is 18.7. The van der Waals surface area contributed by atoms with E-state index < -0.39 is 21.3 Å². The van der Waals surface area contributed by atoms with E-state index in [1.807, 2.05) is 0 Å². The average molecular weight is 515 g/mol. The molecular weight excluding hydrogens is 486 g/mol. The van der Waals surface area contributed by atoms with E-state index in [0.29, 0.717) is 3.63 Å². The van der Waals surface area contributed by atoms with Crippen LogP contribution in [0.4, 0.5) is 0 Å². The molecule has 3 heteroatoms. The summed E-state index contributed by atoms with van der Waals surface area (Å²) in [4.78, 5) is 0. The molecule has 154 valence electrons. The molecule has 0 heterocycles. The van der Waals surface area contributed by atoms with Crippen molar-refractivity contribution in [3.8, 4) is 0 Å². The third-order valence-electron chi connectivity index (χ3n) is 6.24. The summed E-state index contributed by atoms with van der Waals surface area (Å²) in [6.45, 7) is 0. The molecular formula is C27H28Cl2Zr. The van der Waals surface area contributed by atoms with Crippen LogP contribution in [0.25, 0.3) is 0 Å². The van der Waals surface area contributed by atoms with Crippen molar-refractivity contribution in [2.75, 3.05) is 0 Å². The third kappa shape index (κ3) is 4.65. The number of hydrogen-bond acceptors (Lipinski definition) is 0. The minimum absolute atomic E-state index is 0. The molecule has 30 heavy (non-hydrogen) atoms. The molecule has 0 N–H and O–H groups in total. The molecule has 0 amide bonds.